The minimum Gasteiger partial charge on any atom is -0.389 e. The Morgan fingerprint density at radius 3 is 3.07 bits per heavy atom. The summed E-state index contributed by atoms with van der Waals surface area (Å²) in [6, 6.07) is 3.78. The normalized spacial score (nSPS) is 17.1. The number of nitrogens with one attached hydrogen (secondary N) is 2. The molecule has 1 aliphatic rings. The fourth-order valence-electron chi connectivity index (χ4n) is 3.15. The van der Waals surface area contributed by atoms with Crippen molar-refractivity contribution < 1.29 is 4.79 Å². The van der Waals surface area contributed by atoms with Crippen molar-refractivity contribution in [3.05, 3.63) is 36.4 Å². The molecule has 1 fully saturated rings. The summed E-state index contributed by atoms with van der Waals surface area (Å²) in [6.45, 7) is 1.64. The Labute approximate surface area is 159 Å². The van der Waals surface area contributed by atoms with Crippen molar-refractivity contribution in [1.29, 1.82) is 0 Å². The van der Waals surface area contributed by atoms with E-state index in [0.29, 0.717) is 21.4 Å². The van der Waals surface area contributed by atoms with E-state index >= 15 is 0 Å². The maximum absolute atomic E-state index is 12.8. The third kappa shape index (κ3) is 3.62. The van der Waals surface area contributed by atoms with Crippen LogP contribution in [0.25, 0.3) is 10.7 Å². The van der Waals surface area contributed by atoms with Crippen LogP contribution in [0.1, 0.15) is 23.3 Å². The van der Waals surface area contributed by atoms with Crippen molar-refractivity contribution in [3.8, 4) is 10.7 Å². The first kappa shape index (κ1) is 17.4. The van der Waals surface area contributed by atoms with Gasteiger partial charge >= 0.3 is 0 Å². The third-order valence-corrected chi connectivity index (χ3v) is 5.34. The van der Waals surface area contributed by atoms with Crippen LogP contribution in [0.3, 0.4) is 0 Å². The van der Waals surface area contributed by atoms with E-state index in [0.717, 1.165) is 31.6 Å². The predicted octanol–water partition coefficient (Wildman–Crippen LogP) is 1.69. The number of aromatic amines is 1. The van der Waals surface area contributed by atoms with Gasteiger partial charge in [0.05, 0.1) is 17.6 Å². The first-order valence-electron chi connectivity index (χ1n) is 8.64. The number of nitrogen functional groups attached to an aromatic ring is 1. The van der Waals surface area contributed by atoms with E-state index in [1.54, 1.807) is 24.7 Å². The average molecular weight is 384 g/mol. The van der Waals surface area contributed by atoms with Crippen LogP contribution >= 0.6 is 11.3 Å². The van der Waals surface area contributed by atoms with Crippen molar-refractivity contribution >= 4 is 33.6 Å². The SMILES string of the molecule is Nc1sc(-c2cc[nH]n2)nc1C(=O)Nc1cnccc1N1CCCC(N)C1. The Morgan fingerprint density at radius 2 is 2.30 bits per heavy atom. The average Bonchev–Trinajstić information content (AvgIpc) is 3.31. The van der Waals surface area contributed by atoms with E-state index in [1.807, 2.05) is 6.07 Å². The number of thiazole rings is 1. The highest BCUT2D eigenvalue weighted by molar-refractivity contribution is 7.19. The Balaban J connectivity index is 1.57. The number of pyridine rings is 1. The summed E-state index contributed by atoms with van der Waals surface area (Å²) in [6.07, 6.45) is 7.05. The van der Waals surface area contributed by atoms with Gasteiger partial charge in [0, 0.05) is 31.5 Å². The molecule has 3 aromatic heterocycles. The van der Waals surface area contributed by atoms with Crippen molar-refractivity contribution in [2.24, 2.45) is 5.73 Å². The fraction of sp³-hybridized carbons (Fsp3) is 0.294. The number of hydrogen-bond donors (Lipinski definition) is 4. The van der Waals surface area contributed by atoms with Gasteiger partial charge in [-0.3, -0.25) is 14.9 Å². The molecular weight excluding hydrogens is 364 g/mol. The number of amides is 1. The van der Waals surface area contributed by atoms with E-state index in [4.69, 9.17) is 11.5 Å². The number of carbonyl (C=O) groups is 1. The Hall–Kier alpha value is -2.98. The second-order valence-electron chi connectivity index (χ2n) is 6.39. The number of anilines is 3. The second kappa shape index (κ2) is 7.33. The van der Waals surface area contributed by atoms with Gasteiger partial charge in [-0.15, -0.1) is 0 Å². The van der Waals surface area contributed by atoms with Crippen LogP contribution in [-0.2, 0) is 0 Å². The van der Waals surface area contributed by atoms with Gasteiger partial charge < -0.3 is 21.7 Å². The monoisotopic (exact) mass is 384 g/mol. The van der Waals surface area contributed by atoms with Crippen LogP contribution < -0.4 is 21.7 Å². The van der Waals surface area contributed by atoms with Gasteiger partial charge in [0.2, 0.25) is 0 Å². The van der Waals surface area contributed by atoms with Gasteiger partial charge in [0.1, 0.15) is 15.7 Å². The molecule has 0 spiro atoms. The highest BCUT2D eigenvalue weighted by Gasteiger charge is 2.22. The molecule has 4 heterocycles. The van der Waals surface area contributed by atoms with E-state index in [2.05, 4.69) is 30.4 Å². The molecule has 0 aliphatic carbocycles. The van der Waals surface area contributed by atoms with Crippen LogP contribution in [0, 0.1) is 0 Å². The minimum atomic E-state index is -0.374. The zero-order chi connectivity index (χ0) is 18.8. The van der Waals surface area contributed by atoms with Crippen molar-refractivity contribution in [2.45, 2.75) is 18.9 Å². The zero-order valence-corrected chi connectivity index (χ0v) is 15.4. The maximum atomic E-state index is 12.8. The molecule has 10 heteroatoms. The van der Waals surface area contributed by atoms with Gasteiger partial charge in [-0.1, -0.05) is 11.3 Å². The third-order valence-electron chi connectivity index (χ3n) is 4.43. The van der Waals surface area contributed by atoms with Crippen LogP contribution in [0.15, 0.2) is 30.7 Å². The molecule has 27 heavy (non-hydrogen) atoms. The number of H-pyrrole nitrogens is 1. The Kier molecular flexibility index (Phi) is 4.73. The maximum Gasteiger partial charge on any atom is 0.277 e. The highest BCUT2D eigenvalue weighted by atomic mass is 32.1. The first-order chi connectivity index (χ1) is 13.1. The van der Waals surface area contributed by atoms with Crippen LogP contribution in [-0.4, -0.2) is 45.2 Å². The van der Waals surface area contributed by atoms with Gasteiger partial charge in [-0.05, 0) is 25.0 Å². The number of nitrogens with two attached hydrogens (primary N) is 2. The molecule has 1 atom stereocenters. The number of aromatic nitrogens is 4. The largest absolute Gasteiger partial charge is 0.389 e. The molecule has 1 saturated heterocycles. The lowest BCUT2D eigenvalue weighted by atomic mass is 10.1. The number of piperidine rings is 1. The van der Waals surface area contributed by atoms with Crippen molar-refractivity contribution in [3.63, 3.8) is 0 Å². The molecular formula is C17H20N8OS. The number of carbonyl (C=O) groups excluding carboxylic acids is 1. The topological polar surface area (TPSA) is 139 Å². The molecule has 0 aromatic carbocycles. The summed E-state index contributed by atoms with van der Waals surface area (Å²) in [4.78, 5) is 23.4. The lowest BCUT2D eigenvalue weighted by molar-refractivity contribution is 0.102. The number of hydrogen-bond acceptors (Lipinski definition) is 8. The standard InChI is InChI=1S/C17H20N8OS/c18-10-2-1-7-25(9-10)13-4-5-20-8-12(13)22-16(26)14-15(19)27-17(23-14)11-3-6-21-24-11/h3-6,8,10H,1-2,7,9,18-19H2,(H,21,24)(H,22,26). The summed E-state index contributed by atoms with van der Waals surface area (Å²) in [5.74, 6) is -0.374. The van der Waals surface area contributed by atoms with Gasteiger partial charge in [-0.25, -0.2) is 4.98 Å². The molecule has 4 rings (SSSR count). The molecule has 1 aliphatic heterocycles. The molecule has 0 saturated carbocycles. The van der Waals surface area contributed by atoms with E-state index in [9.17, 15) is 4.79 Å². The Morgan fingerprint density at radius 1 is 1.41 bits per heavy atom. The van der Waals surface area contributed by atoms with Crippen molar-refractivity contribution in [1.82, 2.24) is 20.2 Å². The van der Waals surface area contributed by atoms with Crippen LogP contribution in [0.4, 0.5) is 16.4 Å². The van der Waals surface area contributed by atoms with E-state index in [-0.39, 0.29) is 17.6 Å². The molecule has 3 aromatic rings. The lowest BCUT2D eigenvalue weighted by Crippen LogP contribution is -2.43. The zero-order valence-electron chi connectivity index (χ0n) is 14.6. The summed E-state index contributed by atoms with van der Waals surface area (Å²) < 4.78 is 0. The summed E-state index contributed by atoms with van der Waals surface area (Å²) in [5.41, 5.74) is 14.5. The Bertz CT molecular complexity index is 938. The second-order valence-corrected chi connectivity index (χ2v) is 7.42. The highest BCUT2D eigenvalue weighted by Crippen LogP contribution is 2.31. The van der Waals surface area contributed by atoms with Crippen molar-refractivity contribution in [2.75, 3.05) is 29.0 Å². The molecule has 6 N–H and O–H groups in total. The van der Waals surface area contributed by atoms with Gasteiger partial charge in [0.15, 0.2) is 5.69 Å². The molecule has 1 amide bonds. The van der Waals surface area contributed by atoms with Gasteiger partial charge in [-0.2, -0.15) is 5.10 Å². The van der Waals surface area contributed by atoms with E-state index < -0.39 is 0 Å². The minimum absolute atomic E-state index is 0.126. The molecule has 0 radical (unpaired) electrons. The molecule has 9 nitrogen and oxygen atoms in total. The van der Waals surface area contributed by atoms with Crippen LogP contribution in [0.5, 0.6) is 0 Å². The van der Waals surface area contributed by atoms with E-state index in [1.165, 1.54) is 11.3 Å². The summed E-state index contributed by atoms with van der Waals surface area (Å²) in [5, 5.41) is 10.6. The van der Waals surface area contributed by atoms with Gasteiger partial charge in [0.25, 0.3) is 5.91 Å². The quantitative estimate of drug-likeness (QED) is 0.537. The molecule has 1 unspecified atom stereocenters. The fourth-order valence-corrected chi connectivity index (χ4v) is 3.95. The lowest BCUT2D eigenvalue weighted by Gasteiger charge is -2.33. The predicted molar refractivity (Wildman–Crippen MR) is 106 cm³/mol. The molecule has 140 valence electrons. The first-order valence-corrected chi connectivity index (χ1v) is 9.46. The summed E-state index contributed by atoms with van der Waals surface area (Å²) in [7, 11) is 0. The summed E-state index contributed by atoms with van der Waals surface area (Å²) >= 11 is 1.22. The number of nitrogens with zero attached hydrogens (tertiary/aromatic N) is 4. The number of rotatable bonds is 4. The smallest absolute Gasteiger partial charge is 0.277 e. The molecule has 0 bridgehead atoms. The van der Waals surface area contributed by atoms with Crippen LogP contribution in [0.2, 0.25) is 0 Å².